The molecule has 2 rings (SSSR count). The third-order valence-corrected chi connectivity index (χ3v) is 3.93. The van der Waals surface area contributed by atoms with Gasteiger partial charge < -0.3 is 10.5 Å². The summed E-state index contributed by atoms with van der Waals surface area (Å²) < 4.78 is 32.8. The lowest BCUT2D eigenvalue weighted by molar-refractivity contribution is 0.285. The van der Waals surface area contributed by atoms with Gasteiger partial charge in [-0.25, -0.2) is 9.37 Å². The fourth-order valence-corrected chi connectivity index (χ4v) is 2.52. The second-order valence-electron chi connectivity index (χ2n) is 5.17. The van der Waals surface area contributed by atoms with Crippen molar-refractivity contribution >= 4 is 28.5 Å². The Kier molecular flexibility index (Phi) is 6.92. The van der Waals surface area contributed by atoms with Crippen molar-refractivity contribution in [3.63, 3.8) is 0 Å². The fourth-order valence-electron chi connectivity index (χ4n) is 1.97. The summed E-state index contributed by atoms with van der Waals surface area (Å²) in [5, 5.41) is 6.11. The van der Waals surface area contributed by atoms with E-state index < -0.39 is 11.6 Å². The van der Waals surface area contributed by atoms with Gasteiger partial charge in [0.05, 0.1) is 12.8 Å². The van der Waals surface area contributed by atoms with Crippen LogP contribution in [-0.2, 0) is 0 Å². The standard InChI is InChI=1S/C16H20F2N4OS/c1-2-3-4-5-6-23-13-8-11(7-12(17)15(13)18)9-20-22-16-21-14(19)10-24-16/h7-10H,2-6,19H2,1H3,(H,21,22). The van der Waals surface area contributed by atoms with Crippen LogP contribution in [0.25, 0.3) is 0 Å². The van der Waals surface area contributed by atoms with Crippen molar-refractivity contribution in [2.75, 3.05) is 17.8 Å². The molecule has 0 saturated heterocycles. The van der Waals surface area contributed by atoms with E-state index in [1.54, 1.807) is 5.38 Å². The van der Waals surface area contributed by atoms with Gasteiger partial charge in [0.15, 0.2) is 11.6 Å². The lowest BCUT2D eigenvalue weighted by atomic mass is 10.2. The second-order valence-corrected chi connectivity index (χ2v) is 6.03. The van der Waals surface area contributed by atoms with Gasteiger partial charge in [-0.2, -0.15) is 9.49 Å². The van der Waals surface area contributed by atoms with Crippen molar-refractivity contribution in [3.8, 4) is 5.75 Å². The number of nitrogens with one attached hydrogen (secondary N) is 1. The van der Waals surface area contributed by atoms with Crippen molar-refractivity contribution in [1.82, 2.24) is 4.98 Å². The first-order chi connectivity index (χ1) is 11.6. The van der Waals surface area contributed by atoms with Gasteiger partial charge in [-0.15, -0.1) is 11.3 Å². The van der Waals surface area contributed by atoms with Crippen molar-refractivity contribution in [1.29, 1.82) is 0 Å². The molecule has 0 spiro atoms. The minimum Gasteiger partial charge on any atom is -0.490 e. The molecule has 0 radical (unpaired) electrons. The zero-order valence-corrected chi connectivity index (χ0v) is 14.2. The monoisotopic (exact) mass is 354 g/mol. The van der Waals surface area contributed by atoms with Crippen LogP contribution in [-0.4, -0.2) is 17.8 Å². The molecule has 0 unspecified atom stereocenters. The minimum atomic E-state index is -0.983. The Balaban J connectivity index is 1.97. The van der Waals surface area contributed by atoms with Crippen LogP contribution >= 0.6 is 11.3 Å². The number of hydrazone groups is 1. The Morgan fingerprint density at radius 2 is 2.17 bits per heavy atom. The number of thiazole rings is 1. The summed E-state index contributed by atoms with van der Waals surface area (Å²) in [7, 11) is 0. The first kappa shape index (κ1) is 18.1. The maximum Gasteiger partial charge on any atom is 0.205 e. The van der Waals surface area contributed by atoms with Gasteiger partial charge in [-0.1, -0.05) is 26.2 Å². The molecule has 5 nitrogen and oxygen atoms in total. The molecule has 0 saturated carbocycles. The Labute approximate surface area is 143 Å². The number of benzene rings is 1. The SMILES string of the molecule is CCCCCCOc1cc(C=NNc2nc(N)cs2)cc(F)c1F. The van der Waals surface area contributed by atoms with Crippen molar-refractivity contribution in [2.45, 2.75) is 32.6 Å². The Morgan fingerprint density at radius 3 is 2.88 bits per heavy atom. The molecule has 0 atom stereocenters. The number of aromatic nitrogens is 1. The maximum absolute atomic E-state index is 13.8. The number of rotatable bonds is 9. The van der Waals surface area contributed by atoms with Crippen LogP contribution in [0.5, 0.6) is 5.75 Å². The van der Waals surface area contributed by atoms with E-state index >= 15 is 0 Å². The van der Waals surface area contributed by atoms with Crippen LogP contribution in [0.2, 0.25) is 0 Å². The quantitative estimate of drug-likeness (QED) is 0.397. The summed E-state index contributed by atoms with van der Waals surface area (Å²) in [6.07, 6.45) is 5.37. The van der Waals surface area contributed by atoms with Gasteiger partial charge in [0.1, 0.15) is 5.82 Å². The summed E-state index contributed by atoms with van der Waals surface area (Å²) in [6, 6.07) is 2.47. The number of unbranched alkanes of at least 4 members (excludes halogenated alkanes) is 3. The molecule has 1 aromatic heterocycles. The predicted molar refractivity (Wildman–Crippen MR) is 93.7 cm³/mol. The van der Waals surface area contributed by atoms with E-state index in [-0.39, 0.29) is 5.75 Å². The van der Waals surface area contributed by atoms with E-state index in [2.05, 4.69) is 22.4 Å². The van der Waals surface area contributed by atoms with E-state index in [1.165, 1.54) is 23.6 Å². The smallest absolute Gasteiger partial charge is 0.205 e. The van der Waals surface area contributed by atoms with Gasteiger partial charge in [-0.3, -0.25) is 5.43 Å². The van der Waals surface area contributed by atoms with Gasteiger partial charge in [0.2, 0.25) is 10.9 Å². The highest BCUT2D eigenvalue weighted by molar-refractivity contribution is 7.14. The zero-order valence-electron chi connectivity index (χ0n) is 13.4. The summed E-state index contributed by atoms with van der Waals surface area (Å²) in [6.45, 7) is 2.46. The van der Waals surface area contributed by atoms with E-state index in [0.29, 0.717) is 23.1 Å². The Hall–Kier alpha value is -2.22. The summed E-state index contributed by atoms with van der Waals surface area (Å²) in [5.74, 6) is -1.67. The van der Waals surface area contributed by atoms with E-state index in [4.69, 9.17) is 10.5 Å². The lowest BCUT2D eigenvalue weighted by Crippen LogP contribution is -2.02. The molecule has 8 heteroatoms. The van der Waals surface area contributed by atoms with Crippen LogP contribution < -0.4 is 15.9 Å². The lowest BCUT2D eigenvalue weighted by Gasteiger charge is -2.08. The Morgan fingerprint density at radius 1 is 1.33 bits per heavy atom. The van der Waals surface area contributed by atoms with Crippen molar-refractivity contribution in [2.24, 2.45) is 5.10 Å². The highest BCUT2D eigenvalue weighted by Crippen LogP contribution is 2.22. The predicted octanol–water partition coefficient (Wildman–Crippen LogP) is 4.41. The number of nitrogens with two attached hydrogens (primary N) is 1. The molecule has 0 amide bonds. The molecule has 1 heterocycles. The normalized spacial score (nSPS) is 11.1. The number of ether oxygens (including phenoxy) is 1. The molecular weight excluding hydrogens is 334 g/mol. The molecule has 0 aliphatic rings. The first-order valence-electron chi connectivity index (χ1n) is 7.72. The molecule has 3 N–H and O–H groups in total. The van der Waals surface area contributed by atoms with Crippen LogP contribution in [0, 0.1) is 11.6 Å². The van der Waals surface area contributed by atoms with E-state index in [9.17, 15) is 8.78 Å². The molecule has 0 aliphatic heterocycles. The number of hydrogen-bond acceptors (Lipinski definition) is 6. The van der Waals surface area contributed by atoms with Crippen molar-refractivity contribution < 1.29 is 13.5 Å². The largest absolute Gasteiger partial charge is 0.490 e. The first-order valence-corrected chi connectivity index (χ1v) is 8.60. The topological polar surface area (TPSA) is 72.5 Å². The summed E-state index contributed by atoms with van der Waals surface area (Å²) in [4.78, 5) is 3.97. The number of anilines is 2. The van der Waals surface area contributed by atoms with Crippen molar-refractivity contribution in [3.05, 3.63) is 34.7 Å². The number of halogens is 2. The van der Waals surface area contributed by atoms with Crippen LogP contribution in [0.3, 0.4) is 0 Å². The number of nitrogen functional groups attached to an aromatic ring is 1. The highest BCUT2D eigenvalue weighted by Gasteiger charge is 2.11. The molecule has 0 aliphatic carbocycles. The molecular formula is C16H20F2N4OS. The van der Waals surface area contributed by atoms with E-state index in [0.717, 1.165) is 31.7 Å². The highest BCUT2D eigenvalue weighted by atomic mass is 32.1. The molecule has 130 valence electrons. The molecule has 2 aromatic rings. The van der Waals surface area contributed by atoms with Crippen LogP contribution in [0.15, 0.2) is 22.6 Å². The minimum absolute atomic E-state index is 0.105. The van der Waals surface area contributed by atoms with Gasteiger partial charge in [0, 0.05) is 10.9 Å². The fraction of sp³-hybridized carbons (Fsp3) is 0.375. The summed E-state index contributed by atoms with van der Waals surface area (Å²) >= 11 is 1.29. The number of nitrogens with zero attached hydrogens (tertiary/aromatic N) is 2. The molecule has 1 aromatic carbocycles. The average Bonchev–Trinajstić information content (AvgIpc) is 2.97. The Bertz CT molecular complexity index is 691. The molecule has 0 bridgehead atoms. The molecule has 24 heavy (non-hydrogen) atoms. The maximum atomic E-state index is 13.8. The van der Waals surface area contributed by atoms with Crippen LogP contribution in [0.1, 0.15) is 38.2 Å². The third kappa shape index (κ3) is 5.45. The average molecular weight is 354 g/mol. The summed E-state index contributed by atoms with van der Waals surface area (Å²) in [5.41, 5.74) is 8.55. The van der Waals surface area contributed by atoms with Crippen LogP contribution in [0.4, 0.5) is 19.7 Å². The van der Waals surface area contributed by atoms with Gasteiger partial charge in [-0.05, 0) is 18.6 Å². The number of hydrogen-bond donors (Lipinski definition) is 2. The van der Waals surface area contributed by atoms with E-state index in [1.807, 2.05) is 0 Å². The second kappa shape index (κ2) is 9.17. The van der Waals surface area contributed by atoms with Gasteiger partial charge >= 0.3 is 0 Å². The van der Waals surface area contributed by atoms with Gasteiger partial charge in [0.25, 0.3) is 0 Å². The zero-order chi connectivity index (χ0) is 17.4. The third-order valence-electron chi connectivity index (χ3n) is 3.17. The molecule has 0 fully saturated rings.